The van der Waals surface area contributed by atoms with Crippen LogP contribution in [0.1, 0.15) is 19.3 Å². The molecule has 0 aromatic heterocycles. The van der Waals surface area contributed by atoms with Gasteiger partial charge in [0.15, 0.2) is 5.60 Å². The summed E-state index contributed by atoms with van der Waals surface area (Å²) < 4.78 is 0. The minimum absolute atomic E-state index is 0.00361. The van der Waals surface area contributed by atoms with E-state index < -0.39 is 17.7 Å². The quantitative estimate of drug-likeness (QED) is 0.502. The number of carboxylic acids is 1. The average Bonchev–Trinajstić information content (AvgIpc) is 2.55. The van der Waals surface area contributed by atoms with Crippen molar-refractivity contribution in [2.45, 2.75) is 31.0 Å². The maximum absolute atomic E-state index is 10.7. The van der Waals surface area contributed by atoms with Gasteiger partial charge in [0.1, 0.15) is 0 Å². The number of carboxylic acid groups (broad SMARTS) is 1. The number of aliphatic hydroxyl groups excluding tert-OH is 1. The molecule has 2 saturated carbocycles. The lowest BCUT2D eigenvalue weighted by Crippen LogP contribution is -2.53. The fourth-order valence-electron chi connectivity index (χ4n) is 2.60. The van der Waals surface area contributed by atoms with E-state index in [2.05, 4.69) is 0 Å². The highest BCUT2D eigenvalue weighted by Gasteiger charge is 2.61. The topological polar surface area (TPSA) is 77.8 Å². The van der Waals surface area contributed by atoms with Crippen LogP contribution < -0.4 is 0 Å². The predicted molar refractivity (Wildman–Crippen MR) is 39.4 cm³/mol. The van der Waals surface area contributed by atoms with Gasteiger partial charge in [-0.3, -0.25) is 0 Å². The number of hydrogen-bond acceptors (Lipinski definition) is 3. The SMILES string of the molecule is O=C(O)C1(O)C2CCC(C2)C1O. The zero-order valence-corrected chi connectivity index (χ0v) is 6.60. The van der Waals surface area contributed by atoms with Gasteiger partial charge >= 0.3 is 5.97 Å². The van der Waals surface area contributed by atoms with Gasteiger partial charge in [0, 0.05) is 5.92 Å². The molecule has 4 nitrogen and oxygen atoms in total. The second-order valence-corrected chi connectivity index (χ2v) is 3.85. The summed E-state index contributed by atoms with van der Waals surface area (Å²) in [7, 11) is 0. The molecule has 4 heteroatoms. The summed E-state index contributed by atoms with van der Waals surface area (Å²) in [6.45, 7) is 0. The maximum Gasteiger partial charge on any atom is 0.338 e. The van der Waals surface area contributed by atoms with Crippen LogP contribution in [0.5, 0.6) is 0 Å². The van der Waals surface area contributed by atoms with Crippen LogP contribution in [0.2, 0.25) is 0 Å². The Bertz CT molecular complexity index is 223. The Hall–Kier alpha value is -0.610. The zero-order chi connectivity index (χ0) is 8.93. The summed E-state index contributed by atoms with van der Waals surface area (Å²) in [4.78, 5) is 10.7. The molecule has 68 valence electrons. The first-order chi connectivity index (χ1) is 5.56. The maximum atomic E-state index is 10.7. The molecule has 2 aliphatic rings. The first kappa shape index (κ1) is 8.01. The highest BCUT2D eigenvalue weighted by molar-refractivity contribution is 5.79. The lowest BCUT2D eigenvalue weighted by molar-refractivity contribution is -0.179. The molecule has 4 unspecified atom stereocenters. The van der Waals surface area contributed by atoms with Crippen LogP contribution in [0.15, 0.2) is 0 Å². The lowest BCUT2D eigenvalue weighted by Gasteiger charge is -2.32. The minimum atomic E-state index is -1.86. The van der Waals surface area contributed by atoms with Crippen molar-refractivity contribution in [2.24, 2.45) is 11.8 Å². The van der Waals surface area contributed by atoms with E-state index in [0.717, 1.165) is 12.8 Å². The van der Waals surface area contributed by atoms with Gasteiger partial charge in [-0.1, -0.05) is 0 Å². The van der Waals surface area contributed by atoms with E-state index in [9.17, 15) is 15.0 Å². The fraction of sp³-hybridized carbons (Fsp3) is 0.875. The summed E-state index contributed by atoms with van der Waals surface area (Å²) in [5.74, 6) is -1.52. The smallest absolute Gasteiger partial charge is 0.338 e. The zero-order valence-electron chi connectivity index (χ0n) is 6.60. The Morgan fingerprint density at radius 3 is 2.42 bits per heavy atom. The summed E-state index contributed by atoms with van der Waals surface area (Å²) in [6, 6.07) is 0. The Morgan fingerprint density at radius 2 is 2.08 bits per heavy atom. The normalized spacial score (nSPS) is 51.3. The summed E-state index contributed by atoms with van der Waals surface area (Å²) in [6.07, 6.45) is 1.17. The highest BCUT2D eigenvalue weighted by Crippen LogP contribution is 2.50. The van der Waals surface area contributed by atoms with Gasteiger partial charge in [-0.05, 0) is 25.2 Å². The molecule has 0 radical (unpaired) electrons. The largest absolute Gasteiger partial charge is 0.479 e. The van der Waals surface area contributed by atoms with Gasteiger partial charge in [0.2, 0.25) is 0 Å². The van der Waals surface area contributed by atoms with E-state index in [0.29, 0.717) is 6.42 Å². The van der Waals surface area contributed by atoms with Crippen molar-refractivity contribution in [3.05, 3.63) is 0 Å². The third kappa shape index (κ3) is 0.716. The third-order valence-corrected chi connectivity index (χ3v) is 3.34. The number of aliphatic hydroxyl groups is 2. The number of carbonyl (C=O) groups is 1. The molecule has 4 atom stereocenters. The van der Waals surface area contributed by atoms with Crippen LogP contribution in [0, 0.1) is 11.8 Å². The van der Waals surface area contributed by atoms with Crippen molar-refractivity contribution in [3.8, 4) is 0 Å². The van der Waals surface area contributed by atoms with Crippen molar-refractivity contribution in [1.29, 1.82) is 0 Å². The van der Waals surface area contributed by atoms with Gasteiger partial charge in [0.25, 0.3) is 0 Å². The molecule has 0 spiro atoms. The van der Waals surface area contributed by atoms with Crippen LogP contribution in [0.3, 0.4) is 0 Å². The highest BCUT2D eigenvalue weighted by atomic mass is 16.4. The number of rotatable bonds is 1. The summed E-state index contributed by atoms with van der Waals surface area (Å²) in [5, 5.41) is 27.9. The standard InChI is InChI=1S/C8H12O4/c9-6-4-1-2-5(3-4)8(6,12)7(10)11/h4-6,9,12H,1-3H2,(H,10,11). The monoisotopic (exact) mass is 172 g/mol. The molecule has 12 heavy (non-hydrogen) atoms. The molecular formula is C8H12O4. The van der Waals surface area contributed by atoms with Crippen molar-refractivity contribution in [1.82, 2.24) is 0 Å². The third-order valence-electron chi connectivity index (χ3n) is 3.34. The molecule has 0 amide bonds. The van der Waals surface area contributed by atoms with Crippen LogP contribution in [0.4, 0.5) is 0 Å². The summed E-state index contributed by atoms with van der Waals surface area (Å²) in [5.41, 5.74) is -1.86. The molecule has 0 aliphatic heterocycles. The van der Waals surface area contributed by atoms with E-state index in [-0.39, 0.29) is 11.8 Å². The van der Waals surface area contributed by atoms with Gasteiger partial charge in [-0.2, -0.15) is 0 Å². The molecule has 2 fully saturated rings. The lowest BCUT2D eigenvalue weighted by atomic mass is 9.82. The van der Waals surface area contributed by atoms with E-state index >= 15 is 0 Å². The van der Waals surface area contributed by atoms with Crippen molar-refractivity contribution >= 4 is 5.97 Å². The Morgan fingerprint density at radius 1 is 1.42 bits per heavy atom. The molecule has 2 bridgehead atoms. The van der Waals surface area contributed by atoms with E-state index in [1.807, 2.05) is 0 Å². The van der Waals surface area contributed by atoms with Crippen LogP contribution in [0.25, 0.3) is 0 Å². The summed E-state index contributed by atoms with van der Waals surface area (Å²) >= 11 is 0. The first-order valence-corrected chi connectivity index (χ1v) is 4.20. The number of fused-ring (bicyclic) bond motifs is 2. The number of aliphatic carboxylic acids is 1. The van der Waals surface area contributed by atoms with E-state index in [1.54, 1.807) is 0 Å². The molecular weight excluding hydrogens is 160 g/mol. The molecule has 3 N–H and O–H groups in total. The van der Waals surface area contributed by atoms with E-state index in [1.165, 1.54) is 0 Å². The van der Waals surface area contributed by atoms with Gasteiger partial charge in [0.05, 0.1) is 6.10 Å². The van der Waals surface area contributed by atoms with Crippen LogP contribution >= 0.6 is 0 Å². The van der Waals surface area contributed by atoms with Crippen molar-refractivity contribution in [3.63, 3.8) is 0 Å². The molecule has 0 saturated heterocycles. The first-order valence-electron chi connectivity index (χ1n) is 4.20. The van der Waals surface area contributed by atoms with Crippen molar-refractivity contribution in [2.75, 3.05) is 0 Å². The minimum Gasteiger partial charge on any atom is -0.479 e. The van der Waals surface area contributed by atoms with E-state index in [4.69, 9.17) is 5.11 Å². The van der Waals surface area contributed by atoms with Gasteiger partial charge < -0.3 is 15.3 Å². The molecule has 0 aromatic rings. The molecule has 0 heterocycles. The second kappa shape index (κ2) is 2.20. The number of hydrogen-bond donors (Lipinski definition) is 3. The molecule has 2 aliphatic carbocycles. The average molecular weight is 172 g/mol. The fourth-order valence-corrected chi connectivity index (χ4v) is 2.60. The van der Waals surface area contributed by atoms with Crippen LogP contribution in [-0.4, -0.2) is 33.0 Å². The Kier molecular flexibility index (Phi) is 1.47. The van der Waals surface area contributed by atoms with Gasteiger partial charge in [-0.15, -0.1) is 0 Å². The van der Waals surface area contributed by atoms with Crippen molar-refractivity contribution < 1.29 is 20.1 Å². The van der Waals surface area contributed by atoms with Crippen LogP contribution in [-0.2, 0) is 4.79 Å². The van der Waals surface area contributed by atoms with Gasteiger partial charge in [-0.25, -0.2) is 4.79 Å². The molecule has 0 aromatic carbocycles. The Labute approximate surface area is 69.8 Å². The Balaban J connectivity index is 2.32. The molecule has 2 rings (SSSR count). The predicted octanol–water partition coefficient (Wildman–Crippen LogP) is -0.407. The second-order valence-electron chi connectivity index (χ2n) is 3.85.